The van der Waals surface area contributed by atoms with Crippen LogP contribution >= 0.6 is 0 Å². The van der Waals surface area contributed by atoms with Gasteiger partial charge >= 0.3 is 34.7 Å². The molecule has 4 unspecified atom stereocenters. The van der Waals surface area contributed by atoms with Crippen LogP contribution in [0.15, 0.2) is 0 Å². The number of aliphatic hydroxyl groups excluding tert-OH is 4. The van der Waals surface area contributed by atoms with Crippen LogP contribution in [-0.4, -0.2) is 69.0 Å². The van der Waals surface area contributed by atoms with Gasteiger partial charge < -0.3 is 41.7 Å². The van der Waals surface area contributed by atoms with Gasteiger partial charge in [-0.25, -0.2) is 0 Å². The minimum absolute atomic E-state index is 0. The van der Waals surface area contributed by atoms with Gasteiger partial charge in [-0.1, -0.05) is 145 Å². The molecule has 0 aliphatic rings. The van der Waals surface area contributed by atoms with E-state index in [0.717, 1.165) is 0 Å². The normalized spacial score (nSPS) is 15.8. The second-order valence-corrected chi connectivity index (χ2v) is 18.1. The van der Waals surface area contributed by atoms with Crippen LogP contribution in [0.3, 0.4) is 0 Å². The number of hydrogen-bond donors (Lipinski definition) is 4. The van der Waals surface area contributed by atoms with Gasteiger partial charge in [-0.2, -0.15) is 7.05 Å². The molecule has 0 heterocycles. The maximum absolute atomic E-state index is 9.55. The van der Waals surface area contributed by atoms with Crippen molar-refractivity contribution in [3.05, 3.63) is 21.3 Å². The van der Waals surface area contributed by atoms with Crippen molar-refractivity contribution in [3.8, 4) is 0 Å². The van der Waals surface area contributed by atoms with Crippen molar-refractivity contribution in [2.45, 2.75) is 187 Å². The Bertz CT molecular complexity index is 586. The monoisotopic (exact) mass is 694 g/mol. The third kappa shape index (κ3) is 40.7. The molecule has 0 rings (SSSR count). The van der Waals surface area contributed by atoms with Crippen LogP contribution in [0.2, 0.25) is 0 Å². The summed E-state index contributed by atoms with van der Waals surface area (Å²) in [4.78, 5) is 0. The van der Waals surface area contributed by atoms with Gasteiger partial charge in [0.05, 0.1) is 0 Å². The SMILES string of the molecule is CC(C)(C)[N-]C(O)C(C)(C)C.CC(C)(C)[N-]C(O)C(C)(C)C.CC(C)(C)[N-]C(O)C(C)(C)C.C[N-]C(O)C(C)(C)C.[Cr+2].[Cr+2]. The zero-order valence-electron chi connectivity index (χ0n) is 32.2. The average molecular weight is 695 g/mol. The van der Waals surface area contributed by atoms with Gasteiger partial charge in [0.2, 0.25) is 0 Å². The molecule has 0 radical (unpaired) electrons. The first kappa shape index (κ1) is 56.1. The van der Waals surface area contributed by atoms with Gasteiger partial charge in [-0.3, -0.25) is 0 Å². The van der Waals surface area contributed by atoms with Crippen molar-refractivity contribution in [1.82, 2.24) is 0 Å². The molecule has 0 bridgehead atoms. The van der Waals surface area contributed by atoms with Gasteiger partial charge in [-0.15, -0.1) is 16.6 Å². The molecule has 4 N–H and O–H groups in total. The quantitative estimate of drug-likeness (QED) is 0.234. The molecule has 0 saturated heterocycles. The van der Waals surface area contributed by atoms with Crippen LogP contribution in [0.1, 0.15) is 145 Å². The van der Waals surface area contributed by atoms with Crippen LogP contribution < -0.4 is 0 Å². The van der Waals surface area contributed by atoms with E-state index in [2.05, 4.69) is 21.3 Å². The van der Waals surface area contributed by atoms with Gasteiger partial charge in [-0.05, 0) is 46.6 Å². The fourth-order valence-corrected chi connectivity index (χ4v) is 2.07. The van der Waals surface area contributed by atoms with E-state index < -0.39 is 24.9 Å². The van der Waals surface area contributed by atoms with Crippen molar-refractivity contribution in [1.29, 1.82) is 0 Å². The summed E-state index contributed by atoms with van der Waals surface area (Å²) in [5, 5.41) is 54.1. The van der Waals surface area contributed by atoms with Crippen LogP contribution in [0.25, 0.3) is 21.3 Å². The van der Waals surface area contributed by atoms with Crippen molar-refractivity contribution in [3.63, 3.8) is 0 Å². The Kier molecular flexibility index (Phi) is 28.2. The molecule has 0 saturated carbocycles. The van der Waals surface area contributed by atoms with Crippen LogP contribution in [0, 0.1) is 21.7 Å². The zero-order valence-corrected chi connectivity index (χ0v) is 34.8. The molecule has 0 aromatic rings. The van der Waals surface area contributed by atoms with Crippen LogP contribution in [0.5, 0.6) is 0 Å². The van der Waals surface area contributed by atoms with E-state index >= 15 is 0 Å². The van der Waals surface area contributed by atoms with E-state index in [9.17, 15) is 15.3 Å². The number of nitrogens with zero attached hydrogens (tertiary/aromatic N) is 4. The molecule has 0 amide bonds. The van der Waals surface area contributed by atoms with Crippen molar-refractivity contribution < 1.29 is 55.1 Å². The Balaban J connectivity index is -0.000000105. The summed E-state index contributed by atoms with van der Waals surface area (Å²) >= 11 is 0. The molecule has 0 fully saturated rings. The van der Waals surface area contributed by atoms with E-state index in [1.54, 1.807) is 7.05 Å². The van der Waals surface area contributed by atoms with Gasteiger partial charge in [0.1, 0.15) is 0 Å². The molecule has 0 spiro atoms. The third-order valence-electron chi connectivity index (χ3n) is 4.87. The number of rotatable bonds is 4. The second kappa shape index (κ2) is 21.6. The first-order chi connectivity index (χ1) is 17.4. The predicted octanol–water partition coefficient (Wildman–Crippen LogP) is 8.92. The summed E-state index contributed by atoms with van der Waals surface area (Å²) in [6.45, 7) is 41.6. The fraction of sp³-hybridized carbons (Fsp3) is 1.00. The van der Waals surface area contributed by atoms with Gasteiger partial charge in [0.15, 0.2) is 0 Å². The van der Waals surface area contributed by atoms with E-state index in [1.807, 2.05) is 145 Å². The molecule has 262 valence electrons. The average Bonchev–Trinajstić information content (AvgIpc) is 2.62. The van der Waals surface area contributed by atoms with E-state index in [0.29, 0.717) is 0 Å². The maximum Gasteiger partial charge on any atom is 2.00 e. The number of aliphatic hydroxyl groups is 4. The Morgan fingerprint density at radius 3 is 0.488 bits per heavy atom. The molecule has 0 aliphatic carbocycles. The summed E-state index contributed by atoms with van der Waals surface area (Å²) in [6.07, 6.45) is -2.23. The largest absolute Gasteiger partial charge is 2.00 e. The zero-order chi connectivity index (χ0) is 34.6. The molecular formula is C33H74Cr2N4O4. The Hall–Kier alpha value is 0.745. The van der Waals surface area contributed by atoms with Gasteiger partial charge in [0, 0.05) is 0 Å². The molecular weight excluding hydrogens is 620 g/mol. The summed E-state index contributed by atoms with van der Waals surface area (Å²) < 4.78 is 0. The second-order valence-electron chi connectivity index (χ2n) is 18.1. The molecule has 0 aromatic heterocycles. The summed E-state index contributed by atoms with van der Waals surface area (Å²) in [7, 11) is 1.62. The van der Waals surface area contributed by atoms with Crippen LogP contribution in [-0.2, 0) is 34.7 Å². The molecule has 0 aliphatic heterocycles. The predicted molar refractivity (Wildman–Crippen MR) is 180 cm³/mol. The molecule has 0 aromatic carbocycles. The standard InChI is InChI=1S/3C9H20NO.C6H14NO.2Cr/c3*1-8(2,3)7(11)10-9(4,5)6;1-6(2,3)5(8)7-4;;/h3*7,11H,1-6H3;5,8H,1-4H3;;/q4*-1;2*+2. The Morgan fingerprint density at radius 2 is 0.465 bits per heavy atom. The molecule has 43 heavy (non-hydrogen) atoms. The van der Waals surface area contributed by atoms with Crippen molar-refractivity contribution in [2.75, 3.05) is 7.05 Å². The minimum Gasteiger partial charge on any atom is -0.639 e. The molecule has 4 atom stereocenters. The van der Waals surface area contributed by atoms with Gasteiger partial charge in [0.25, 0.3) is 0 Å². The fourth-order valence-electron chi connectivity index (χ4n) is 2.07. The maximum atomic E-state index is 9.55. The summed E-state index contributed by atoms with van der Waals surface area (Å²) in [5.74, 6) is 0. The first-order valence-corrected chi connectivity index (χ1v) is 14.8. The van der Waals surface area contributed by atoms with E-state index in [4.69, 9.17) is 5.11 Å². The Morgan fingerprint density at radius 1 is 0.326 bits per heavy atom. The van der Waals surface area contributed by atoms with E-state index in [-0.39, 0.29) is 73.0 Å². The molecule has 10 heteroatoms. The summed E-state index contributed by atoms with van der Waals surface area (Å²) in [6, 6.07) is 0. The topological polar surface area (TPSA) is 137 Å². The summed E-state index contributed by atoms with van der Waals surface area (Å²) in [5.41, 5.74) is -0.978. The van der Waals surface area contributed by atoms with E-state index in [1.165, 1.54) is 0 Å². The molecule has 8 nitrogen and oxygen atoms in total. The Labute approximate surface area is 291 Å². The third-order valence-corrected chi connectivity index (χ3v) is 4.87. The minimum atomic E-state index is -0.567. The van der Waals surface area contributed by atoms with Crippen molar-refractivity contribution in [2.24, 2.45) is 21.7 Å². The van der Waals surface area contributed by atoms with Crippen molar-refractivity contribution >= 4 is 0 Å². The first-order valence-electron chi connectivity index (χ1n) is 14.8. The van der Waals surface area contributed by atoms with Crippen LogP contribution in [0.4, 0.5) is 0 Å². The smallest absolute Gasteiger partial charge is 0.639 e. The number of hydrogen-bond acceptors (Lipinski definition) is 4.